The third-order valence-corrected chi connectivity index (χ3v) is 2.58. The van der Waals surface area contributed by atoms with Crippen molar-refractivity contribution < 1.29 is 4.74 Å². The second-order valence-electron chi connectivity index (χ2n) is 4.06. The van der Waals surface area contributed by atoms with Crippen molar-refractivity contribution in [3.8, 4) is 17.0 Å². The summed E-state index contributed by atoms with van der Waals surface area (Å²) < 4.78 is 5.67. The summed E-state index contributed by atoms with van der Waals surface area (Å²) in [5.41, 5.74) is 8.47. The monoisotopic (exact) mass is 243 g/mol. The van der Waals surface area contributed by atoms with E-state index in [4.69, 9.17) is 10.5 Å². The SMILES string of the molecule is CCCOc1nc(N)nc(C)c1-c1ccccc1. The molecule has 2 N–H and O–H groups in total. The molecular weight excluding hydrogens is 226 g/mol. The maximum absolute atomic E-state index is 5.68. The van der Waals surface area contributed by atoms with E-state index in [1.54, 1.807) is 0 Å². The van der Waals surface area contributed by atoms with Gasteiger partial charge in [-0.2, -0.15) is 4.98 Å². The average Bonchev–Trinajstić information content (AvgIpc) is 2.36. The van der Waals surface area contributed by atoms with Gasteiger partial charge < -0.3 is 10.5 Å². The Bertz CT molecular complexity index is 526. The van der Waals surface area contributed by atoms with Gasteiger partial charge in [-0.3, -0.25) is 0 Å². The van der Waals surface area contributed by atoms with E-state index in [1.165, 1.54) is 0 Å². The van der Waals surface area contributed by atoms with Crippen LogP contribution in [0.3, 0.4) is 0 Å². The molecule has 0 saturated heterocycles. The molecule has 0 amide bonds. The van der Waals surface area contributed by atoms with E-state index in [0.29, 0.717) is 12.5 Å². The van der Waals surface area contributed by atoms with Crippen LogP contribution in [0.25, 0.3) is 11.1 Å². The number of aromatic nitrogens is 2. The topological polar surface area (TPSA) is 61.0 Å². The number of nitrogens with two attached hydrogens (primary N) is 1. The average molecular weight is 243 g/mol. The minimum Gasteiger partial charge on any atom is -0.477 e. The zero-order chi connectivity index (χ0) is 13.0. The van der Waals surface area contributed by atoms with Crippen molar-refractivity contribution in [1.29, 1.82) is 0 Å². The van der Waals surface area contributed by atoms with Crippen molar-refractivity contribution in [1.82, 2.24) is 9.97 Å². The van der Waals surface area contributed by atoms with Crippen molar-refractivity contribution in [2.24, 2.45) is 0 Å². The second-order valence-corrected chi connectivity index (χ2v) is 4.06. The van der Waals surface area contributed by atoms with Crippen LogP contribution in [0.15, 0.2) is 30.3 Å². The van der Waals surface area contributed by atoms with Crippen LogP contribution in [0.2, 0.25) is 0 Å². The van der Waals surface area contributed by atoms with E-state index in [1.807, 2.05) is 37.3 Å². The van der Waals surface area contributed by atoms with Crippen LogP contribution >= 0.6 is 0 Å². The predicted molar refractivity (Wildman–Crippen MR) is 72.4 cm³/mol. The Balaban J connectivity index is 2.50. The molecule has 18 heavy (non-hydrogen) atoms. The van der Waals surface area contributed by atoms with Crippen LogP contribution in [0.4, 0.5) is 5.95 Å². The fourth-order valence-corrected chi connectivity index (χ4v) is 1.81. The molecule has 0 aliphatic rings. The number of ether oxygens (including phenoxy) is 1. The van der Waals surface area contributed by atoms with Crippen molar-refractivity contribution >= 4 is 5.95 Å². The zero-order valence-corrected chi connectivity index (χ0v) is 10.7. The van der Waals surface area contributed by atoms with Crippen LogP contribution in [0, 0.1) is 6.92 Å². The Labute approximate surface area is 107 Å². The summed E-state index contributed by atoms with van der Waals surface area (Å²) >= 11 is 0. The van der Waals surface area contributed by atoms with Crippen molar-refractivity contribution in [3.63, 3.8) is 0 Å². The van der Waals surface area contributed by atoms with Gasteiger partial charge in [-0.25, -0.2) is 4.98 Å². The van der Waals surface area contributed by atoms with Crippen molar-refractivity contribution in [2.75, 3.05) is 12.3 Å². The van der Waals surface area contributed by atoms with E-state index in [2.05, 4.69) is 16.9 Å². The quantitative estimate of drug-likeness (QED) is 0.897. The summed E-state index contributed by atoms with van der Waals surface area (Å²) in [6.45, 7) is 4.59. The molecule has 2 rings (SSSR count). The minimum atomic E-state index is 0.248. The number of nitrogen functional groups attached to an aromatic ring is 1. The molecule has 1 heterocycles. The molecule has 0 radical (unpaired) electrons. The smallest absolute Gasteiger partial charge is 0.226 e. The molecule has 4 heteroatoms. The van der Waals surface area contributed by atoms with Gasteiger partial charge >= 0.3 is 0 Å². The molecule has 0 spiro atoms. The van der Waals surface area contributed by atoms with Gasteiger partial charge in [0.15, 0.2) is 0 Å². The van der Waals surface area contributed by atoms with E-state index >= 15 is 0 Å². The van der Waals surface area contributed by atoms with Crippen LogP contribution < -0.4 is 10.5 Å². The van der Waals surface area contributed by atoms with Gasteiger partial charge in [-0.15, -0.1) is 0 Å². The molecule has 0 atom stereocenters. The van der Waals surface area contributed by atoms with E-state index < -0.39 is 0 Å². The summed E-state index contributed by atoms with van der Waals surface area (Å²) in [6, 6.07) is 9.97. The fraction of sp³-hybridized carbons (Fsp3) is 0.286. The minimum absolute atomic E-state index is 0.248. The normalized spacial score (nSPS) is 10.3. The number of aryl methyl sites for hydroxylation is 1. The third-order valence-electron chi connectivity index (χ3n) is 2.58. The highest BCUT2D eigenvalue weighted by Gasteiger charge is 2.13. The lowest BCUT2D eigenvalue weighted by Crippen LogP contribution is -2.05. The molecule has 0 unspecified atom stereocenters. The first-order chi connectivity index (χ1) is 8.72. The van der Waals surface area contributed by atoms with Gasteiger partial charge in [-0.1, -0.05) is 37.3 Å². The van der Waals surface area contributed by atoms with E-state index in [9.17, 15) is 0 Å². The largest absolute Gasteiger partial charge is 0.477 e. The van der Waals surface area contributed by atoms with E-state index in [-0.39, 0.29) is 5.95 Å². The number of hydrogen-bond donors (Lipinski definition) is 1. The van der Waals surface area contributed by atoms with Gasteiger partial charge in [0.25, 0.3) is 0 Å². The summed E-state index contributed by atoms with van der Waals surface area (Å²) in [5, 5.41) is 0. The molecule has 2 aromatic rings. The summed E-state index contributed by atoms with van der Waals surface area (Å²) in [4.78, 5) is 8.40. The first-order valence-electron chi connectivity index (χ1n) is 6.04. The standard InChI is InChI=1S/C14H17N3O/c1-3-9-18-13-12(10(2)16-14(15)17-13)11-7-5-4-6-8-11/h4-8H,3,9H2,1-2H3,(H2,15,16,17). The molecule has 4 nitrogen and oxygen atoms in total. The summed E-state index contributed by atoms with van der Waals surface area (Å²) in [7, 11) is 0. The highest BCUT2D eigenvalue weighted by atomic mass is 16.5. The lowest BCUT2D eigenvalue weighted by Gasteiger charge is -2.12. The fourth-order valence-electron chi connectivity index (χ4n) is 1.81. The molecule has 0 saturated carbocycles. The Morgan fingerprint density at radius 3 is 2.56 bits per heavy atom. The molecule has 1 aromatic heterocycles. The highest BCUT2D eigenvalue weighted by Crippen LogP contribution is 2.31. The Kier molecular flexibility index (Phi) is 3.77. The molecule has 0 bridgehead atoms. The Morgan fingerprint density at radius 1 is 1.17 bits per heavy atom. The van der Waals surface area contributed by atoms with Crippen molar-refractivity contribution in [2.45, 2.75) is 20.3 Å². The third kappa shape index (κ3) is 2.59. The Hall–Kier alpha value is -2.10. The van der Waals surface area contributed by atoms with Gasteiger partial charge in [0.05, 0.1) is 17.9 Å². The van der Waals surface area contributed by atoms with Gasteiger partial charge in [0.1, 0.15) is 0 Å². The first kappa shape index (κ1) is 12.4. The molecule has 0 aliphatic heterocycles. The summed E-state index contributed by atoms with van der Waals surface area (Å²) in [6.07, 6.45) is 0.928. The zero-order valence-electron chi connectivity index (χ0n) is 10.7. The molecule has 0 aliphatic carbocycles. The molecule has 94 valence electrons. The second kappa shape index (κ2) is 5.49. The first-order valence-corrected chi connectivity index (χ1v) is 6.04. The predicted octanol–water partition coefficient (Wildman–Crippen LogP) is 2.82. The maximum atomic E-state index is 5.68. The van der Waals surface area contributed by atoms with Crippen LogP contribution in [0.5, 0.6) is 5.88 Å². The lowest BCUT2D eigenvalue weighted by atomic mass is 10.1. The number of hydrogen-bond acceptors (Lipinski definition) is 4. The molecular formula is C14H17N3O. The van der Waals surface area contributed by atoms with Crippen LogP contribution in [-0.4, -0.2) is 16.6 Å². The number of benzene rings is 1. The molecule has 0 fully saturated rings. The van der Waals surface area contributed by atoms with Gasteiger partial charge in [0.2, 0.25) is 11.8 Å². The molecule has 1 aromatic carbocycles. The summed E-state index contributed by atoms with van der Waals surface area (Å²) in [5.74, 6) is 0.811. The maximum Gasteiger partial charge on any atom is 0.226 e. The Morgan fingerprint density at radius 2 is 1.89 bits per heavy atom. The van der Waals surface area contributed by atoms with Gasteiger partial charge in [0, 0.05) is 0 Å². The van der Waals surface area contributed by atoms with E-state index in [0.717, 1.165) is 23.2 Å². The van der Waals surface area contributed by atoms with Crippen LogP contribution in [-0.2, 0) is 0 Å². The number of anilines is 1. The number of nitrogens with zero attached hydrogens (tertiary/aromatic N) is 2. The highest BCUT2D eigenvalue weighted by molar-refractivity contribution is 5.71. The van der Waals surface area contributed by atoms with Crippen LogP contribution in [0.1, 0.15) is 19.0 Å². The van der Waals surface area contributed by atoms with Crippen molar-refractivity contribution in [3.05, 3.63) is 36.0 Å². The lowest BCUT2D eigenvalue weighted by molar-refractivity contribution is 0.306. The van der Waals surface area contributed by atoms with Gasteiger partial charge in [-0.05, 0) is 18.9 Å². The number of rotatable bonds is 4.